The van der Waals surface area contributed by atoms with Crippen molar-refractivity contribution >= 4 is 5.69 Å². The lowest BCUT2D eigenvalue weighted by Crippen LogP contribution is -2.04. The number of alkyl halides is 3. The maximum Gasteiger partial charge on any atom is 0.416 e. The van der Waals surface area contributed by atoms with Gasteiger partial charge in [0.15, 0.2) is 0 Å². The zero-order chi connectivity index (χ0) is 12.6. The predicted octanol–water partition coefficient (Wildman–Crippen LogP) is 2.99. The van der Waals surface area contributed by atoms with E-state index in [1.54, 1.807) is 13.0 Å². The van der Waals surface area contributed by atoms with Crippen LogP contribution < -0.4 is 5.73 Å². The van der Waals surface area contributed by atoms with Gasteiger partial charge in [-0.1, -0.05) is 12.1 Å². The molecule has 0 aliphatic rings. The third-order valence-electron chi connectivity index (χ3n) is 2.46. The highest BCUT2D eigenvalue weighted by molar-refractivity contribution is 5.74. The van der Waals surface area contributed by atoms with Gasteiger partial charge in [-0.25, -0.2) is 0 Å². The van der Waals surface area contributed by atoms with E-state index >= 15 is 0 Å². The number of aromatic amines is 1. The van der Waals surface area contributed by atoms with E-state index in [1.807, 2.05) is 0 Å². The van der Waals surface area contributed by atoms with E-state index in [9.17, 15) is 13.2 Å². The lowest BCUT2D eigenvalue weighted by atomic mass is 10.1. The van der Waals surface area contributed by atoms with Crippen LogP contribution in [0.4, 0.5) is 18.9 Å². The minimum Gasteiger partial charge on any atom is -0.395 e. The number of nitrogens with two attached hydrogens (primary N) is 1. The normalized spacial score (nSPS) is 11.8. The number of rotatable bonds is 1. The van der Waals surface area contributed by atoms with Gasteiger partial charge in [0.2, 0.25) is 0 Å². The molecule has 1 aromatic carbocycles. The molecule has 0 amide bonds. The number of nitrogen functional groups attached to an aromatic ring is 1. The second kappa shape index (κ2) is 3.80. The first kappa shape index (κ1) is 11.5. The Hall–Kier alpha value is -1.98. The fourth-order valence-electron chi connectivity index (χ4n) is 1.50. The van der Waals surface area contributed by atoms with Gasteiger partial charge in [-0.3, -0.25) is 5.10 Å². The molecule has 0 atom stereocenters. The van der Waals surface area contributed by atoms with Crippen molar-refractivity contribution in [2.24, 2.45) is 0 Å². The summed E-state index contributed by atoms with van der Waals surface area (Å²) >= 11 is 0. The SMILES string of the molecule is Cc1[nH]nc(-c2cccc(C(F)(F)F)c2)c1N. The predicted molar refractivity (Wildman–Crippen MR) is 58.2 cm³/mol. The first-order valence-corrected chi connectivity index (χ1v) is 4.87. The van der Waals surface area contributed by atoms with Gasteiger partial charge in [-0.05, 0) is 19.1 Å². The van der Waals surface area contributed by atoms with Gasteiger partial charge in [0.25, 0.3) is 0 Å². The Balaban J connectivity index is 2.51. The maximum atomic E-state index is 12.5. The zero-order valence-electron chi connectivity index (χ0n) is 8.97. The molecule has 17 heavy (non-hydrogen) atoms. The third-order valence-corrected chi connectivity index (χ3v) is 2.46. The number of H-pyrrole nitrogens is 1. The van der Waals surface area contributed by atoms with E-state index in [-0.39, 0.29) is 0 Å². The van der Waals surface area contributed by atoms with Crippen molar-refractivity contribution in [1.82, 2.24) is 10.2 Å². The molecule has 0 bridgehead atoms. The number of hydrogen-bond acceptors (Lipinski definition) is 2. The molecule has 6 heteroatoms. The summed E-state index contributed by atoms with van der Waals surface area (Å²) in [7, 11) is 0. The fourth-order valence-corrected chi connectivity index (χ4v) is 1.50. The Labute approximate surface area is 95.5 Å². The van der Waals surface area contributed by atoms with Crippen LogP contribution in [0.2, 0.25) is 0 Å². The number of aromatic nitrogens is 2. The number of benzene rings is 1. The van der Waals surface area contributed by atoms with Gasteiger partial charge in [0.05, 0.1) is 16.9 Å². The van der Waals surface area contributed by atoms with Crippen LogP contribution in [0.3, 0.4) is 0 Å². The van der Waals surface area contributed by atoms with E-state index in [0.717, 1.165) is 12.1 Å². The number of nitrogens with zero attached hydrogens (tertiary/aromatic N) is 1. The standard InChI is InChI=1S/C11H10F3N3/c1-6-9(15)10(17-16-6)7-3-2-4-8(5-7)11(12,13)14/h2-5H,15H2,1H3,(H,16,17). The number of halogens is 3. The van der Waals surface area contributed by atoms with Crippen LogP contribution in [0.5, 0.6) is 0 Å². The summed E-state index contributed by atoms with van der Waals surface area (Å²) in [5.41, 5.74) is 6.70. The molecule has 0 fully saturated rings. The highest BCUT2D eigenvalue weighted by atomic mass is 19.4. The number of aryl methyl sites for hydroxylation is 1. The molecule has 1 aromatic heterocycles. The molecule has 0 aliphatic heterocycles. The summed E-state index contributed by atoms with van der Waals surface area (Å²) in [6, 6.07) is 4.92. The smallest absolute Gasteiger partial charge is 0.395 e. The summed E-state index contributed by atoms with van der Waals surface area (Å²) in [4.78, 5) is 0. The Morgan fingerprint density at radius 2 is 2.00 bits per heavy atom. The summed E-state index contributed by atoms with van der Waals surface area (Å²) in [6.45, 7) is 1.71. The van der Waals surface area contributed by atoms with E-state index in [0.29, 0.717) is 22.6 Å². The van der Waals surface area contributed by atoms with Gasteiger partial charge < -0.3 is 5.73 Å². The van der Waals surface area contributed by atoms with Crippen LogP contribution in [0.15, 0.2) is 24.3 Å². The molecule has 1 heterocycles. The molecule has 0 aliphatic carbocycles. The Kier molecular flexibility index (Phi) is 2.57. The van der Waals surface area contributed by atoms with Gasteiger partial charge in [-0.15, -0.1) is 0 Å². The molecule has 0 spiro atoms. The van der Waals surface area contributed by atoms with Crippen molar-refractivity contribution in [2.45, 2.75) is 13.1 Å². The molecule has 0 saturated carbocycles. The Bertz CT molecular complexity index is 543. The molecule has 0 radical (unpaired) electrons. The monoisotopic (exact) mass is 241 g/mol. The van der Waals surface area contributed by atoms with Crippen molar-refractivity contribution < 1.29 is 13.2 Å². The lowest BCUT2D eigenvalue weighted by molar-refractivity contribution is -0.137. The molecule has 3 N–H and O–H groups in total. The molecular formula is C11H10F3N3. The first-order valence-electron chi connectivity index (χ1n) is 4.87. The molecule has 0 saturated heterocycles. The zero-order valence-corrected chi connectivity index (χ0v) is 8.97. The summed E-state index contributed by atoms with van der Waals surface area (Å²) < 4.78 is 37.6. The van der Waals surface area contributed by atoms with Crippen LogP contribution in [0.1, 0.15) is 11.3 Å². The Morgan fingerprint density at radius 1 is 1.29 bits per heavy atom. The van der Waals surface area contributed by atoms with Crippen molar-refractivity contribution in [3.05, 3.63) is 35.5 Å². The summed E-state index contributed by atoms with van der Waals surface area (Å²) in [5, 5.41) is 6.53. The molecule has 0 unspecified atom stereocenters. The van der Waals surface area contributed by atoms with Crippen molar-refractivity contribution in [2.75, 3.05) is 5.73 Å². The highest BCUT2D eigenvalue weighted by Gasteiger charge is 2.30. The van der Waals surface area contributed by atoms with E-state index in [4.69, 9.17) is 5.73 Å². The van der Waals surface area contributed by atoms with Crippen molar-refractivity contribution in [3.63, 3.8) is 0 Å². The number of nitrogens with one attached hydrogen (secondary N) is 1. The van der Waals surface area contributed by atoms with Gasteiger partial charge in [0, 0.05) is 5.56 Å². The number of anilines is 1. The average Bonchev–Trinajstić information content (AvgIpc) is 2.59. The van der Waals surface area contributed by atoms with Crippen LogP contribution in [0, 0.1) is 6.92 Å². The molecule has 90 valence electrons. The van der Waals surface area contributed by atoms with Gasteiger partial charge in [0.1, 0.15) is 5.69 Å². The van der Waals surface area contributed by atoms with Gasteiger partial charge in [-0.2, -0.15) is 18.3 Å². The van der Waals surface area contributed by atoms with Crippen molar-refractivity contribution in [1.29, 1.82) is 0 Å². The lowest BCUT2D eigenvalue weighted by Gasteiger charge is -2.07. The topological polar surface area (TPSA) is 54.7 Å². The van der Waals surface area contributed by atoms with E-state index < -0.39 is 11.7 Å². The molecule has 2 rings (SSSR count). The van der Waals surface area contributed by atoms with Crippen LogP contribution >= 0.6 is 0 Å². The van der Waals surface area contributed by atoms with Gasteiger partial charge >= 0.3 is 6.18 Å². The minimum atomic E-state index is -4.36. The minimum absolute atomic E-state index is 0.341. The molecule has 2 aromatic rings. The largest absolute Gasteiger partial charge is 0.416 e. The van der Waals surface area contributed by atoms with Crippen molar-refractivity contribution in [3.8, 4) is 11.3 Å². The van der Waals surface area contributed by atoms with Crippen LogP contribution in [0.25, 0.3) is 11.3 Å². The molecule has 3 nitrogen and oxygen atoms in total. The number of hydrogen-bond donors (Lipinski definition) is 2. The van der Waals surface area contributed by atoms with E-state index in [2.05, 4.69) is 10.2 Å². The van der Waals surface area contributed by atoms with E-state index in [1.165, 1.54) is 6.07 Å². The highest BCUT2D eigenvalue weighted by Crippen LogP contribution is 2.33. The second-order valence-electron chi connectivity index (χ2n) is 3.69. The quantitative estimate of drug-likeness (QED) is 0.806. The second-order valence-corrected chi connectivity index (χ2v) is 3.69. The fraction of sp³-hybridized carbons (Fsp3) is 0.182. The third kappa shape index (κ3) is 2.11. The maximum absolute atomic E-state index is 12.5. The van der Waals surface area contributed by atoms with Crippen LogP contribution in [-0.4, -0.2) is 10.2 Å². The first-order chi connectivity index (χ1) is 7.89. The summed E-state index contributed by atoms with van der Waals surface area (Å²) in [6.07, 6.45) is -4.36. The Morgan fingerprint density at radius 3 is 2.53 bits per heavy atom. The van der Waals surface area contributed by atoms with Crippen LogP contribution in [-0.2, 0) is 6.18 Å². The summed E-state index contributed by atoms with van der Waals surface area (Å²) in [5.74, 6) is 0. The average molecular weight is 241 g/mol. The molecular weight excluding hydrogens is 231 g/mol.